The van der Waals surface area contributed by atoms with Gasteiger partial charge in [0.2, 0.25) is 6.08 Å². The minimum absolute atomic E-state index is 0.129. The lowest BCUT2D eigenvalue weighted by atomic mass is 10.2. The molecule has 0 heterocycles. The lowest BCUT2D eigenvalue weighted by molar-refractivity contribution is -0.385. The Kier molecular flexibility index (Phi) is 4.45. The molecule has 2 aromatic rings. The van der Waals surface area contributed by atoms with Crippen LogP contribution >= 0.6 is 0 Å². The summed E-state index contributed by atoms with van der Waals surface area (Å²) in [6, 6.07) is 11.5. The average Bonchev–Trinajstić information content (AvgIpc) is 2.48. The monoisotopic (exact) mass is 318 g/mol. The second-order valence-corrected chi connectivity index (χ2v) is 6.38. The van der Waals surface area contributed by atoms with Gasteiger partial charge < -0.3 is 0 Å². The van der Waals surface area contributed by atoms with Crippen LogP contribution < -0.4 is 0 Å². The van der Waals surface area contributed by atoms with Crippen molar-refractivity contribution in [1.82, 2.24) is 0 Å². The Balaban J connectivity index is 2.50. The summed E-state index contributed by atoms with van der Waals surface area (Å²) in [6.07, 6.45) is 1.24. The first-order valence-electron chi connectivity index (χ1n) is 6.06. The van der Waals surface area contributed by atoms with Crippen molar-refractivity contribution in [1.29, 1.82) is 0 Å². The first kappa shape index (κ1) is 15.6. The highest BCUT2D eigenvalue weighted by Crippen LogP contribution is 2.27. The van der Waals surface area contributed by atoms with E-state index in [2.05, 4.69) is 4.99 Å². The quantitative estimate of drug-likeness (QED) is 0.364. The van der Waals surface area contributed by atoms with E-state index in [9.17, 15) is 23.3 Å². The van der Waals surface area contributed by atoms with Crippen LogP contribution in [-0.2, 0) is 20.4 Å². The molecule has 0 amide bonds. The van der Waals surface area contributed by atoms with Crippen molar-refractivity contribution in [2.45, 2.75) is 10.6 Å². The van der Waals surface area contributed by atoms with E-state index in [1.165, 1.54) is 6.08 Å². The van der Waals surface area contributed by atoms with Crippen LogP contribution in [0.15, 0.2) is 58.4 Å². The van der Waals surface area contributed by atoms with Crippen LogP contribution in [0.5, 0.6) is 0 Å². The number of rotatable bonds is 5. The lowest BCUT2D eigenvalue weighted by Crippen LogP contribution is -2.05. The minimum Gasteiger partial charge on any atom is -0.258 e. The molecule has 0 aliphatic carbocycles. The Morgan fingerprint density at radius 1 is 1.14 bits per heavy atom. The van der Waals surface area contributed by atoms with E-state index in [1.807, 2.05) is 0 Å². The van der Waals surface area contributed by atoms with E-state index in [0.717, 1.165) is 18.2 Å². The molecule has 0 bridgehead atoms. The van der Waals surface area contributed by atoms with Crippen molar-refractivity contribution >= 4 is 27.3 Å². The number of aliphatic imine (C=N–C) groups is 1. The Labute approximate surface area is 126 Å². The van der Waals surface area contributed by atoms with Gasteiger partial charge in [-0.15, -0.1) is 0 Å². The maximum Gasteiger partial charge on any atom is 0.272 e. The Morgan fingerprint density at radius 3 is 2.41 bits per heavy atom. The number of nitro benzene ring substituents is 1. The van der Waals surface area contributed by atoms with E-state index >= 15 is 0 Å². The maximum absolute atomic E-state index is 12.4. The lowest BCUT2D eigenvalue weighted by Gasteiger charge is -2.05. The van der Waals surface area contributed by atoms with Gasteiger partial charge in [0.1, 0.15) is 0 Å². The van der Waals surface area contributed by atoms with Gasteiger partial charge in [-0.2, -0.15) is 4.99 Å². The van der Waals surface area contributed by atoms with Gasteiger partial charge in [-0.25, -0.2) is 13.2 Å². The highest BCUT2D eigenvalue weighted by molar-refractivity contribution is 7.90. The second-order valence-electron chi connectivity index (χ2n) is 4.39. The van der Waals surface area contributed by atoms with Crippen molar-refractivity contribution in [3.63, 3.8) is 0 Å². The Morgan fingerprint density at radius 2 is 1.82 bits per heavy atom. The van der Waals surface area contributed by atoms with E-state index in [4.69, 9.17) is 0 Å². The highest BCUT2D eigenvalue weighted by atomic mass is 32.2. The molecule has 2 aromatic carbocycles. The second kappa shape index (κ2) is 6.30. The van der Waals surface area contributed by atoms with Crippen LogP contribution in [0.3, 0.4) is 0 Å². The van der Waals surface area contributed by atoms with E-state index in [-0.39, 0.29) is 16.3 Å². The Bertz CT molecular complexity index is 836. The molecule has 0 aliphatic rings. The number of nitrogens with zero attached hydrogens (tertiary/aromatic N) is 2. The zero-order chi connectivity index (χ0) is 16.2. The van der Waals surface area contributed by atoms with E-state index in [0.29, 0.717) is 5.56 Å². The molecule has 0 radical (unpaired) electrons. The van der Waals surface area contributed by atoms with E-state index < -0.39 is 20.4 Å². The third-order valence-corrected chi connectivity index (χ3v) is 4.49. The van der Waals surface area contributed by atoms with Crippen LogP contribution in [0.1, 0.15) is 5.56 Å². The number of hydrogen-bond acceptors (Lipinski definition) is 6. The third-order valence-electron chi connectivity index (χ3n) is 2.82. The van der Waals surface area contributed by atoms with Crippen LogP contribution in [0, 0.1) is 10.1 Å². The van der Waals surface area contributed by atoms with Crippen molar-refractivity contribution in [3.05, 3.63) is 64.2 Å². The number of non-ortho nitro benzene ring substituents is 1. The fraction of sp³-hybridized carbons (Fsp3) is 0.0714. The fourth-order valence-electron chi connectivity index (χ4n) is 1.85. The number of benzene rings is 2. The molecule has 0 aromatic heterocycles. The minimum atomic E-state index is -3.80. The molecule has 22 heavy (non-hydrogen) atoms. The maximum atomic E-state index is 12.4. The molecular weight excluding hydrogens is 308 g/mol. The predicted molar refractivity (Wildman–Crippen MR) is 78.2 cm³/mol. The zero-order valence-corrected chi connectivity index (χ0v) is 12.0. The fourth-order valence-corrected chi connectivity index (χ4v) is 3.25. The smallest absolute Gasteiger partial charge is 0.258 e. The summed E-state index contributed by atoms with van der Waals surface area (Å²) in [5, 5.41) is 10.9. The standard InChI is InChI=1S/C14H10N2O5S/c17-10-15-12-6-13(16(18)19)8-14(7-12)22(20,21)9-11-4-2-1-3-5-11/h1-8H,9H2. The normalized spacial score (nSPS) is 10.7. The van der Waals surface area contributed by atoms with Gasteiger partial charge >= 0.3 is 0 Å². The summed E-state index contributed by atoms with van der Waals surface area (Å²) in [7, 11) is -3.80. The summed E-state index contributed by atoms with van der Waals surface area (Å²) in [6.45, 7) is 0. The molecule has 0 saturated heterocycles. The van der Waals surface area contributed by atoms with Crippen molar-refractivity contribution in [2.75, 3.05) is 0 Å². The first-order valence-corrected chi connectivity index (χ1v) is 7.71. The molecule has 0 atom stereocenters. The van der Waals surface area contributed by atoms with Crippen LogP contribution in [0.4, 0.5) is 11.4 Å². The van der Waals surface area contributed by atoms with Gasteiger partial charge in [-0.1, -0.05) is 30.3 Å². The number of carbonyl (C=O) groups excluding carboxylic acids is 1. The Hall–Kier alpha value is -2.83. The molecule has 7 nitrogen and oxygen atoms in total. The summed E-state index contributed by atoms with van der Waals surface area (Å²) < 4.78 is 24.7. The van der Waals surface area contributed by atoms with Gasteiger partial charge in [0.15, 0.2) is 9.84 Å². The topological polar surface area (TPSA) is 107 Å². The van der Waals surface area contributed by atoms with E-state index in [1.54, 1.807) is 30.3 Å². The summed E-state index contributed by atoms with van der Waals surface area (Å²) in [5.41, 5.74) is -0.0339. The molecule has 112 valence electrons. The molecule has 0 fully saturated rings. The summed E-state index contributed by atoms with van der Waals surface area (Å²) >= 11 is 0. The number of isocyanates is 1. The van der Waals surface area contributed by atoms with Crippen LogP contribution in [0.25, 0.3) is 0 Å². The predicted octanol–water partition coefficient (Wildman–Crippen LogP) is 2.54. The van der Waals surface area contributed by atoms with Crippen molar-refractivity contribution in [2.24, 2.45) is 4.99 Å². The molecule has 0 saturated carbocycles. The molecule has 0 spiro atoms. The third kappa shape index (κ3) is 3.63. The SMILES string of the molecule is O=C=Nc1cc([N+](=O)[O-])cc(S(=O)(=O)Cc2ccccc2)c1. The van der Waals surface area contributed by atoms with Gasteiger partial charge in [-0.05, 0) is 11.6 Å². The van der Waals surface area contributed by atoms with Gasteiger partial charge in [-0.3, -0.25) is 10.1 Å². The molecule has 0 aliphatic heterocycles. The summed E-state index contributed by atoms with van der Waals surface area (Å²) in [5.74, 6) is -0.306. The number of hydrogen-bond donors (Lipinski definition) is 0. The first-order chi connectivity index (χ1) is 10.4. The number of sulfone groups is 1. The number of nitro groups is 1. The molecule has 8 heteroatoms. The molecule has 0 unspecified atom stereocenters. The molecular formula is C14H10N2O5S. The largest absolute Gasteiger partial charge is 0.272 e. The van der Waals surface area contributed by atoms with Crippen molar-refractivity contribution < 1.29 is 18.1 Å². The highest BCUT2D eigenvalue weighted by Gasteiger charge is 2.20. The van der Waals surface area contributed by atoms with Crippen LogP contribution in [0.2, 0.25) is 0 Å². The zero-order valence-electron chi connectivity index (χ0n) is 11.2. The molecule has 2 rings (SSSR count). The van der Waals surface area contributed by atoms with Gasteiger partial charge in [0.05, 0.1) is 21.3 Å². The van der Waals surface area contributed by atoms with Crippen molar-refractivity contribution in [3.8, 4) is 0 Å². The average molecular weight is 318 g/mol. The van der Waals surface area contributed by atoms with Gasteiger partial charge in [0, 0.05) is 12.1 Å². The van der Waals surface area contributed by atoms with Crippen LogP contribution in [-0.4, -0.2) is 19.4 Å². The summed E-state index contributed by atoms with van der Waals surface area (Å²) in [4.78, 5) is 23.4. The molecule has 0 N–H and O–H groups in total. The van der Waals surface area contributed by atoms with Gasteiger partial charge in [0.25, 0.3) is 5.69 Å².